The van der Waals surface area contributed by atoms with Crippen molar-refractivity contribution < 1.29 is 19.1 Å². The van der Waals surface area contributed by atoms with Crippen LogP contribution < -0.4 is 10.1 Å². The first-order chi connectivity index (χ1) is 13.1. The van der Waals surface area contributed by atoms with Gasteiger partial charge in [-0.2, -0.15) is 0 Å². The summed E-state index contributed by atoms with van der Waals surface area (Å²) in [5, 5.41) is 4.89. The van der Waals surface area contributed by atoms with Crippen molar-refractivity contribution in [3.8, 4) is 5.75 Å². The van der Waals surface area contributed by atoms with E-state index in [0.29, 0.717) is 23.6 Å². The summed E-state index contributed by atoms with van der Waals surface area (Å²) >= 11 is 0. The third-order valence-corrected chi connectivity index (χ3v) is 4.08. The molecule has 3 aromatic rings. The predicted octanol–water partition coefficient (Wildman–Crippen LogP) is 4.42. The zero-order valence-corrected chi connectivity index (χ0v) is 15.3. The van der Waals surface area contributed by atoms with Crippen molar-refractivity contribution in [2.24, 2.45) is 0 Å². The average Bonchev–Trinajstić information content (AvgIpc) is 2.68. The molecular formula is C22H21NO4. The van der Waals surface area contributed by atoms with Gasteiger partial charge in [0.1, 0.15) is 11.3 Å². The second-order valence-corrected chi connectivity index (χ2v) is 6.03. The van der Waals surface area contributed by atoms with Gasteiger partial charge in [0.2, 0.25) is 0 Å². The van der Waals surface area contributed by atoms with E-state index in [1.54, 1.807) is 24.3 Å². The van der Waals surface area contributed by atoms with Crippen LogP contribution in [-0.4, -0.2) is 24.6 Å². The minimum atomic E-state index is -0.946. The van der Waals surface area contributed by atoms with Crippen molar-refractivity contribution in [2.75, 3.05) is 11.9 Å². The number of esters is 1. The molecule has 1 amide bonds. The van der Waals surface area contributed by atoms with Crippen LogP contribution in [0.4, 0.5) is 5.69 Å². The van der Waals surface area contributed by atoms with Gasteiger partial charge in [0.15, 0.2) is 6.10 Å². The molecule has 3 aromatic carbocycles. The molecule has 0 fully saturated rings. The second kappa shape index (κ2) is 8.36. The van der Waals surface area contributed by atoms with E-state index in [0.717, 1.165) is 10.8 Å². The monoisotopic (exact) mass is 363 g/mol. The van der Waals surface area contributed by atoms with Crippen LogP contribution in [0.3, 0.4) is 0 Å². The number of para-hydroxylation sites is 1. The summed E-state index contributed by atoms with van der Waals surface area (Å²) < 4.78 is 10.7. The standard InChI is InChI=1S/C22H21NO4/c1-3-26-20-11-7-6-10-19(20)22(25)27-15(2)21(24)23-18-13-12-16-8-4-5-9-17(16)14-18/h4-15H,3H2,1-2H3,(H,23,24). The summed E-state index contributed by atoms with van der Waals surface area (Å²) in [6, 6.07) is 20.3. The van der Waals surface area contributed by atoms with Crippen LogP contribution in [-0.2, 0) is 9.53 Å². The number of nitrogens with one attached hydrogen (secondary N) is 1. The number of anilines is 1. The Balaban J connectivity index is 1.67. The zero-order chi connectivity index (χ0) is 19.2. The molecule has 0 saturated carbocycles. The molecule has 0 heterocycles. The molecule has 0 aliphatic rings. The van der Waals surface area contributed by atoms with Gasteiger partial charge in [0.25, 0.3) is 5.91 Å². The number of hydrogen-bond donors (Lipinski definition) is 1. The van der Waals surface area contributed by atoms with E-state index in [-0.39, 0.29) is 0 Å². The highest BCUT2D eigenvalue weighted by molar-refractivity contribution is 5.99. The number of carbonyl (C=O) groups excluding carboxylic acids is 2. The first kappa shape index (κ1) is 18.5. The molecule has 0 aromatic heterocycles. The lowest BCUT2D eigenvalue weighted by atomic mass is 10.1. The normalized spacial score (nSPS) is 11.6. The second-order valence-electron chi connectivity index (χ2n) is 6.03. The fourth-order valence-corrected chi connectivity index (χ4v) is 2.71. The maximum absolute atomic E-state index is 12.4. The summed E-state index contributed by atoms with van der Waals surface area (Å²) in [5.41, 5.74) is 0.945. The van der Waals surface area contributed by atoms with E-state index in [9.17, 15) is 9.59 Å². The average molecular weight is 363 g/mol. The SMILES string of the molecule is CCOc1ccccc1C(=O)OC(C)C(=O)Nc1ccc2ccccc2c1. The number of benzene rings is 3. The van der Waals surface area contributed by atoms with Gasteiger partial charge in [-0.15, -0.1) is 0 Å². The molecule has 3 rings (SSSR count). The summed E-state index contributed by atoms with van der Waals surface area (Å²) in [5.74, 6) is -0.556. The van der Waals surface area contributed by atoms with Crippen LogP contribution in [0.2, 0.25) is 0 Å². The number of fused-ring (bicyclic) bond motifs is 1. The van der Waals surface area contributed by atoms with Crippen LogP contribution in [0.25, 0.3) is 10.8 Å². The highest BCUT2D eigenvalue weighted by Crippen LogP contribution is 2.21. The summed E-state index contributed by atoms with van der Waals surface area (Å²) in [4.78, 5) is 24.8. The van der Waals surface area contributed by atoms with Gasteiger partial charge < -0.3 is 14.8 Å². The number of rotatable bonds is 6. The predicted molar refractivity (Wildman–Crippen MR) is 105 cm³/mol. The van der Waals surface area contributed by atoms with Gasteiger partial charge in [-0.3, -0.25) is 4.79 Å². The highest BCUT2D eigenvalue weighted by Gasteiger charge is 2.21. The number of carbonyl (C=O) groups is 2. The largest absolute Gasteiger partial charge is 0.493 e. The molecule has 0 radical (unpaired) electrons. The third kappa shape index (κ3) is 4.44. The van der Waals surface area contributed by atoms with Gasteiger partial charge >= 0.3 is 5.97 Å². The van der Waals surface area contributed by atoms with Crippen LogP contribution in [0, 0.1) is 0 Å². The van der Waals surface area contributed by atoms with Crippen molar-refractivity contribution in [3.63, 3.8) is 0 Å². The van der Waals surface area contributed by atoms with E-state index in [2.05, 4.69) is 5.32 Å². The molecule has 138 valence electrons. The molecule has 1 N–H and O–H groups in total. The number of ether oxygens (including phenoxy) is 2. The van der Waals surface area contributed by atoms with Gasteiger partial charge in [-0.25, -0.2) is 4.79 Å². The lowest BCUT2D eigenvalue weighted by Crippen LogP contribution is -2.30. The third-order valence-electron chi connectivity index (χ3n) is 4.08. The minimum absolute atomic E-state index is 0.296. The van der Waals surface area contributed by atoms with Crippen molar-refractivity contribution in [1.82, 2.24) is 0 Å². The van der Waals surface area contributed by atoms with Crippen LogP contribution in [0.1, 0.15) is 24.2 Å². The number of amides is 1. The van der Waals surface area contributed by atoms with E-state index < -0.39 is 18.0 Å². The lowest BCUT2D eigenvalue weighted by Gasteiger charge is -2.15. The Labute approximate surface area is 157 Å². The quantitative estimate of drug-likeness (QED) is 0.658. The molecule has 0 aliphatic heterocycles. The van der Waals surface area contributed by atoms with Crippen molar-refractivity contribution in [1.29, 1.82) is 0 Å². The van der Waals surface area contributed by atoms with Crippen LogP contribution >= 0.6 is 0 Å². The van der Waals surface area contributed by atoms with Crippen LogP contribution in [0.15, 0.2) is 66.7 Å². The Morgan fingerprint density at radius 2 is 1.67 bits per heavy atom. The molecular weight excluding hydrogens is 342 g/mol. The first-order valence-corrected chi connectivity index (χ1v) is 8.81. The fourth-order valence-electron chi connectivity index (χ4n) is 2.71. The van der Waals surface area contributed by atoms with Crippen molar-refractivity contribution >= 4 is 28.3 Å². The van der Waals surface area contributed by atoms with E-state index in [4.69, 9.17) is 9.47 Å². The van der Waals surface area contributed by atoms with E-state index in [1.807, 2.05) is 49.4 Å². The van der Waals surface area contributed by atoms with Gasteiger partial charge in [-0.05, 0) is 48.9 Å². The van der Waals surface area contributed by atoms with E-state index >= 15 is 0 Å². The fraction of sp³-hybridized carbons (Fsp3) is 0.182. The molecule has 5 nitrogen and oxygen atoms in total. The van der Waals surface area contributed by atoms with Crippen molar-refractivity contribution in [2.45, 2.75) is 20.0 Å². The Kier molecular flexibility index (Phi) is 5.71. The molecule has 27 heavy (non-hydrogen) atoms. The van der Waals surface area contributed by atoms with Crippen molar-refractivity contribution in [3.05, 3.63) is 72.3 Å². The summed E-state index contributed by atoms with van der Waals surface area (Å²) in [6.45, 7) is 3.81. The molecule has 0 spiro atoms. The Bertz CT molecular complexity index is 967. The Morgan fingerprint density at radius 3 is 2.44 bits per heavy atom. The lowest BCUT2D eigenvalue weighted by molar-refractivity contribution is -0.123. The van der Waals surface area contributed by atoms with E-state index in [1.165, 1.54) is 6.92 Å². The van der Waals surface area contributed by atoms with Gasteiger partial charge in [0, 0.05) is 5.69 Å². The molecule has 1 unspecified atom stereocenters. The summed E-state index contributed by atoms with van der Waals surface area (Å²) in [6.07, 6.45) is -0.946. The highest BCUT2D eigenvalue weighted by atomic mass is 16.5. The number of hydrogen-bond acceptors (Lipinski definition) is 4. The molecule has 1 atom stereocenters. The maximum Gasteiger partial charge on any atom is 0.342 e. The van der Waals surface area contributed by atoms with Gasteiger partial charge in [-0.1, -0.05) is 42.5 Å². The smallest absolute Gasteiger partial charge is 0.342 e. The first-order valence-electron chi connectivity index (χ1n) is 8.81. The molecule has 0 bridgehead atoms. The molecule has 0 aliphatic carbocycles. The Morgan fingerprint density at radius 1 is 0.963 bits per heavy atom. The van der Waals surface area contributed by atoms with Gasteiger partial charge in [0.05, 0.1) is 6.61 Å². The molecule has 0 saturated heterocycles. The topological polar surface area (TPSA) is 64.6 Å². The maximum atomic E-state index is 12.4. The molecule has 5 heteroatoms. The minimum Gasteiger partial charge on any atom is -0.493 e. The Hall–Kier alpha value is -3.34. The summed E-state index contributed by atoms with van der Waals surface area (Å²) in [7, 11) is 0. The zero-order valence-electron chi connectivity index (χ0n) is 15.3. The van der Waals surface area contributed by atoms with Crippen LogP contribution in [0.5, 0.6) is 5.75 Å².